The van der Waals surface area contributed by atoms with Crippen LogP contribution < -0.4 is 9.47 Å². The second kappa shape index (κ2) is 10.2. The lowest BCUT2D eigenvalue weighted by atomic mass is 9.96. The zero-order valence-electron chi connectivity index (χ0n) is 18.2. The van der Waals surface area contributed by atoms with Gasteiger partial charge in [0, 0.05) is 11.1 Å². The molecule has 0 unspecified atom stereocenters. The predicted octanol–water partition coefficient (Wildman–Crippen LogP) is 7.02. The standard InChI is InChI=1S/C30H24O2/c1-31-27-17-13-25(14-18-27)30(26-15-19-28(32-2)20-16-26)22-21-29(23-9-5-3-6-10-23)24-11-7-4-8-12-24/h3-20H,1-2H3. The molecule has 156 valence electrons. The average Bonchev–Trinajstić information content (AvgIpc) is 2.88. The van der Waals surface area contributed by atoms with Crippen LogP contribution >= 0.6 is 0 Å². The van der Waals surface area contributed by atoms with Crippen LogP contribution in [0.25, 0.3) is 11.1 Å². The highest BCUT2D eigenvalue weighted by Gasteiger charge is 2.07. The van der Waals surface area contributed by atoms with Gasteiger partial charge in [0.25, 0.3) is 0 Å². The zero-order chi connectivity index (χ0) is 22.2. The summed E-state index contributed by atoms with van der Waals surface area (Å²) < 4.78 is 10.7. The van der Waals surface area contributed by atoms with Gasteiger partial charge in [-0.05, 0) is 46.5 Å². The van der Waals surface area contributed by atoms with Gasteiger partial charge >= 0.3 is 0 Å². The van der Waals surface area contributed by atoms with Crippen LogP contribution in [0.3, 0.4) is 0 Å². The molecule has 0 aromatic heterocycles. The molecule has 0 saturated carbocycles. The molecule has 0 saturated heterocycles. The van der Waals surface area contributed by atoms with E-state index in [9.17, 15) is 0 Å². The van der Waals surface area contributed by atoms with Gasteiger partial charge in [-0.1, -0.05) is 96.4 Å². The number of methoxy groups -OCH3 is 2. The van der Waals surface area contributed by atoms with Crippen molar-refractivity contribution >= 4 is 11.1 Å². The first-order valence-electron chi connectivity index (χ1n) is 10.4. The Morgan fingerprint density at radius 2 is 0.750 bits per heavy atom. The highest BCUT2D eigenvalue weighted by Crippen LogP contribution is 2.27. The fourth-order valence-electron chi connectivity index (χ4n) is 3.47. The third-order valence-electron chi connectivity index (χ3n) is 5.19. The van der Waals surface area contributed by atoms with E-state index in [1.165, 1.54) is 0 Å². The van der Waals surface area contributed by atoms with E-state index in [2.05, 4.69) is 35.7 Å². The van der Waals surface area contributed by atoms with Gasteiger partial charge in [0.1, 0.15) is 11.5 Å². The quantitative estimate of drug-likeness (QED) is 0.314. The highest BCUT2D eigenvalue weighted by atomic mass is 16.5. The van der Waals surface area contributed by atoms with Crippen molar-refractivity contribution in [1.29, 1.82) is 0 Å². The minimum Gasteiger partial charge on any atom is -0.497 e. The number of hydrogen-bond acceptors (Lipinski definition) is 2. The molecule has 0 atom stereocenters. The summed E-state index contributed by atoms with van der Waals surface area (Å²) in [4.78, 5) is 0. The van der Waals surface area contributed by atoms with Crippen molar-refractivity contribution in [3.63, 3.8) is 0 Å². The molecule has 0 amide bonds. The van der Waals surface area contributed by atoms with E-state index in [1.807, 2.05) is 84.9 Å². The smallest absolute Gasteiger partial charge is 0.118 e. The molecule has 0 fully saturated rings. The first-order valence-corrected chi connectivity index (χ1v) is 10.4. The van der Waals surface area contributed by atoms with Gasteiger partial charge in [0.2, 0.25) is 0 Å². The molecule has 0 radical (unpaired) electrons. The van der Waals surface area contributed by atoms with Crippen LogP contribution in [0.5, 0.6) is 11.5 Å². The molecule has 2 heteroatoms. The van der Waals surface area contributed by atoms with Gasteiger partial charge in [0.05, 0.1) is 14.2 Å². The van der Waals surface area contributed by atoms with Crippen molar-refractivity contribution in [2.75, 3.05) is 14.2 Å². The molecule has 4 aromatic rings. The van der Waals surface area contributed by atoms with E-state index < -0.39 is 0 Å². The van der Waals surface area contributed by atoms with Crippen LogP contribution in [-0.2, 0) is 0 Å². The van der Waals surface area contributed by atoms with Crippen molar-refractivity contribution in [2.24, 2.45) is 0 Å². The summed E-state index contributed by atoms with van der Waals surface area (Å²) in [6, 6.07) is 36.6. The Hall–Kier alpha value is -4.22. The number of hydrogen-bond donors (Lipinski definition) is 0. The minimum atomic E-state index is 0.816. The van der Waals surface area contributed by atoms with E-state index in [0.29, 0.717) is 0 Å². The summed E-state index contributed by atoms with van der Waals surface area (Å²) in [5.74, 6) is 1.63. The van der Waals surface area contributed by atoms with Gasteiger partial charge in [-0.15, -0.1) is 0 Å². The summed E-state index contributed by atoms with van der Waals surface area (Å²) >= 11 is 0. The normalized spacial score (nSPS) is 9.94. The van der Waals surface area contributed by atoms with Crippen LogP contribution in [-0.4, -0.2) is 14.2 Å². The van der Waals surface area contributed by atoms with Gasteiger partial charge in [-0.3, -0.25) is 0 Å². The Balaban J connectivity index is 1.97. The Labute approximate surface area is 189 Å². The van der Waals surface area contributed by atoms with Crippen molar-refractivity contribution in [1.82, 2.24) is 0 Å². The van der Waals surface area contributed by atoms with E-state index in [1.54, 1.807) is 14.2 Å². The fraction of sp³-hybridized carbons (Fsp3) is 0.0667. The fourth-order valence-corrected chi connectivity index (χ4v) is 3.47. The summed E-state index contributed by atoms with van der Waals surface area (Å²) in [7, 11) is 3.34. The third-order valence-corrected chi connectivity index (χ3v) is 5.19. The van der Waals surface area contributed by atoms with Crippen molar-refractivity contribution in [3.05, 3.63) is 143 Å². The van der Waals surface area contributed by atoms with E-state index >= 15 is 0 Å². The number of benzene rings is 4. The molecule has 0 bridgehead atoms. The predicted molar refractivity (Wildman–Crippen MR) is 131 cm³/mol. The van der Waals surface area contributed by atoms with Gasteiger partial charge < -0.3 is 9.47 Å². The molecule has 0 N–H and O–H groups in total. The van der Waals surface area contributed by atoms with Gasteiger partial charge in [-0.25, -0.2) is 0 Å². The Morgan fingerprint density at radius 1 is 0.438 bits per heavy atom. The summed E-state index contributed by atoms with van der Waals surface area (Å²) in [6.07, 6.45) is 0. The molecule has 0 spiro atoms. The first kappa shape index (κ1) is 21.0. The van der Waals surface area contributed by atoms with Gasteiger partial charge in [0.15, 0.2) is 0 Å². The lowest BCUT2D eigenvalue weighted by Crippen LogP contribution is -1.89. The lowest BCUT2D eigenvalue weighted by Gasteiger charge is -2.08. The molecule has 32 heavy (non-hydrogen) atoms. The molecule has 4 aromatic carbocycles. The summed E-state index contributed by atoms with van der Waals surface area (Å²) in [5.41, 5.74) is 13.1. The van der Waals surface area contributed by atoms with Crippen molar-refractivity contribution < 1.29 is 9.47 Å². The van der Waals surface area contributed by atoms with E-state index in [4.69, 9.17) is 9.47 Å². The summed E-state index contributed by atoms with van der Waals surface area (Å²) in [6.45, 7) is 0. The lowest BCUT2D eigenvalue weighted by molar-refractivity contribution is 0.414. The van der Waals surface area contributed by atoms with Crippen LogP contribution in [0.2, 0.25) is 0 Å². The van der Waals surface area contributed by atoms with Crippen LogP contribution in [0, 0.1) is 0 Å². The second-order valence-electron chi connectivity index (χ2n) is 7.19. The molecular weight excluding hydrogens is 392 g/mol. The molecule has 0 heterocycles. The van der Waals surface area contributed by atoms with E-state index in [0.717, 1.165) is 44.9 Å². The maximum atomic E-state index is 5.33. The second-order valence-corrected chi connectivity index (χ2v) is 7.19. The minimum absolute atomic E-state index is 0.816. The highest BCUT2D eigenvalue weighted by molar-refractivity contribution is 5.83. The zero-order valence-corrected chi connectivity index (χ0v) is 18.2. The SMILES string of the molecule is COc1ccc(C(=C=C=C(c2ccccc2)c2ccccc2)c2ccc(OC)cc2)cc1. The number of ether oxygens (including phenoxy) is 2. The first-order chi connectivity index (χ1) is 15.8. The van der Waals surface area contributed by atoms with E-state index in [-0.39, 0.29) is 0 Å². The molecule has 2 nitrogen and oxygen atoms in total. The Bertz CT molecular complexity index is 1170. The van der Waals surface area contributed by atoms with Crippen molar-refractivity contribution in [2.45, 2.75) is 0 Å². The largest absolute Gasteiger partial charge is 0.497 e. The van der Waals surface area contributed by atoms with Crippen LogP contribution in [0.15, 0.2) is 121 Å². The third kappa shape index (κ3) is 4.91. The Kier molecular flexibility index (Phi) is 6.70. The molecule has 0 aliphatic carbocycles. The molecular formula is C30H24O2. The molecule has 0 aliphatic heterocycles. The monoisotopic (exact) mass is 416 g/mol. The molecule has 0 aliphatic rings. The van der Waals surface area contributed by atoms with Crippen LogP contribution in [0.4, 0.5) is 0 Å². The number of rotatable bonds is 6. The topological polar surface area (TPSA) is 18.5 Å². The summed E-state index contributed by atoms with van der Waals surface area (Å²) in [5, 5.41) is 0. The van der Waals surface area contributed by atoms with Gasteiger partial charge in [-0.2, -0.15) is 0 Å². The maximum absolute atomic E-state index is 5.33. The average molecular weight is 417 g/mol. The Morgan fingerprint density at radius 3 is 1.06 bits per heavy atom. The van der Waals surface area contributed by atoms with Crippen molar-refractivity contribution in [3.8, 4) is 11.5 Å². The molecule has 4 rings (SSSR count). The van der Waals surface area contributed by atoms with Crippen LogP contribution in [0.1, 0.15) is 22.3 Å². The maximum Gasteiger partial charge on any atom is 0.118 e.